The highest BCUT2D eigenvalue weighted by Crippen LogP contribution is 2.42. The Bertz CT molecular complexity index is 1410. The summed E-state index contributed by atoms with van der Waals surface area (Å²) in [5.74, 6) is -0.0968. The Hall–Kier alpha value is -4.17. The Morgan fingerprint density at radius 1 is 0.884 bits per heavy atom. The highest BCUT2D eigenvalue weighted by atomic mass is 19.4. The topological polar surface area (TPSA) is 116 Å². The number of hydrogen-bond donors (Lipinski definition) is 3. The first kappa shape index (κ1) is 31.8. The molecule has 2 aromatic carbocycles. The number of halogens is 6. The van der Waals surface area contributed by atoms with Crippen molar-refractivity contribution < 1.29 is 35.9 Å². The average Bonchev–Trinajstić information content (AvgIpc) is 3.43. The number of carbonyl (C=O) groups is 2. The lowest BCUT2D eigenvalue weighted by molar-refractivity contribution is -0.162. The van der Waals surface area contributed by atoms with Crippen LogP contribution in [0.15, 0.2) is 42.5 Å². The minimum atomic E-state index is -5.28. The number of rotatable bonds is 6. The zero-order chi connectivity index (χ0) is 31.6. The number of aromatic amines is 1. The van der Waals surface area contributed by atoms with E-state index in [1.807, 2.05) is 0 Å². The molecule has 3 N–H and O–H groups in total. The van der Waals surface area contributed by atoms with Crippen LogP contribution in [0.1, 0.15) is 73.5 Å². The maximum absolute atomic E-state index is 13.5. The normalized spacial score (nSPS) is 17.8. The third kappa shape index (κ3) is 8.02. The molecular weight excluding hydrogens is 580 g/mol. The molecule has 0 unspecified atom stereocenters. The van der Waals surface area contributed by atoms with E-state index in [9.17, 15) is 35.9 Å². The van der Waals surface area contributed by atoms with Crippen molar-refractivity contribution in [2.75, 3.05) is 10.6 Å². The maximum atomic E-state index is 13.5. The van der Waals surface area contributed by atoms with Gasteiger partial charge >= 0.3 is 18.4 Å². The van der Waals surface area contributed by atoms with Crippen molar-refractivity contribution in [2.24, 2.45) is 11.3 Å². The molecule has 9 nitrogen and oxygen atoms in total. The number of benzene rings is 2. The van der Waals surface area contributed by atoms with E-state index in [0.29, 0.717) is 36.5 Å². The first-order valence-corrected chi connectivity index (χ1v) is 13.5. The van der Waals surface area contributed by atoms with Gasteiger partial charge in [0.1, 0.15) is 0 Å². The fourth-order valence-corrected chi connectivity index (χ4v) is 5.27. The first-order valence-electron chi connectivity index (χ1n) is 13.5. The smallest absolute Gasteiger partial charge is 0.317 e. The van der Waals surface area contributed by atoms with E-state index < -0.39 is 41.1 Å². The van der Waals surface area contributed by atoms with Crippen LogP contribution in [0, 0.1) is 11.3 Å². The summed E-state index contributed by atoms with van der Waals surface area (Å²) < 4.78 is 80.2. The quantitative estimate of drug-likeness (QED) is 0.257. The van der Waals surface area contributed by atoms with Gasteiger partial charge in [0.2, 0.25) is 0 Å². The Labute approximate surface area is 243 Å². The van der Waals surface area contributed by atoms with Gasteiger partial charge in [0.25, 0.3) is 11.9 Å². The van der Waals surface area contributed by atoms with Crippen molar-refractivity contribution in [3.05, 3.63) is 64.7 Å². The van der Waals surface area contributed by atoms with Crippen molar-refractivity contribution in [3.8, 4) is 0 Å². The molecule has 43 heavy (non-hydrogen) atoms. The number of amides is 3. The maximum Gasteiger partial charge on any atom is 0.417 e. The summed E-state index contributed by atoms with van der Waals surface area (Å²) in [5.41, 5.74) is -3.16. The molecule has 3 aromatic rings. The fraction of sp³-hybridized carbons (Fsp3) is 0.464. The zero-order valence-corrected chi connectivity index (χ0v) is 23.6. The standard InChI is InChI=1S/C28H31F6N7O2/c1-26(2,3)18-8-11-20(12-9-18)41(15-16-4-6-17(7-5-16)23(42)36-24-37-39-40-38-24)25(43)35-19-10-13-21(27(29,30)31)22(14-19)28(32,33)34/h4-7,10,13-14,18,20H,8-9,11-12,15H2,1-3H3,(H,35,43)(H2,36,37,38,39,40,42). The molecule has 232 valence electrons. The molecule has 1 saturated carbocycles. The summed E-state index contributed by atoms with van der Waals surface area (Å²) in [5, 5.41) is 17.7. The largest absolute Gasteiger partial charge is 0.417 e. The Kier molecular flexibility index (Phi) is 9.02. The lowest BCUT2D eigenvalue weighted by atomic mass is 9.71. The molecular formula is C28H31F6N7O2. The van der Waals surface area contributed by atoms with Gasteiger partial charge in [0, 0.05) is 23.8 Å². The van der Waals surface area contributed by atoms with Crippen LogP contribution in [-0.2, 0) is 18.9 Å². The van der Waals surface area contributed by atoms with Crippen LogP contribution in [0.4, 0.5) is 42.8 Å². The molecule has 3 amide bonds. The van der Waals surface area contributed by atoms with Crippen LogP contribution in [-0.4, -0.2) is 43.5 Å². The van der Waals surface area contributed by atoms with Gasteiger partial charge in [-0.2, -0.15) is 31.6 Å². The van der Waals surface area contributed by atoms with E-state index in [2.05, 4.69) is 52.0 Å². The van der Waals surface area contributed by atoms with Gasteiger partial charge in [-0.25, -0.2) is 4.79 Å². The number of hydrogen-bond acceptors (Lipinski definition) is 5. The van der Waals surface area contributed by atoms with Crippen LogP contribution < -0.4 is 10.6 Å². The second kappa shape index (κ2) is 12.2. The van der Waals surface area contributed by atoms with Crippen LogP contribution in [0.25, 0.3) is 0 Å². The monoisotopic (exact) mass is 611 g/mol. The molecule has 0 atom stereocenters. The Morgan fingerprint density at radius 3 is 2.05 bits per heavy atom. The molecule has 0 bridgehead atoms. The SMILES string of the molecule is CC(C)(C)C1CCC(N(Cc2ccc(C(=O)Nc3nn[nH]n3)cc2)C(=O)Nc2ccc(C(F)(F)F)c(C(F)(F)F)c2)CC1. The van der Waals surface area contributed by atoms with E-state index in [1.54, 1.807) is 12.1 Å². The van der Waals surface area contributed by atoms with Gasteiger partial charge in [0.05, 0.1) is 11.1 Å². The first-order chi connectivity index (χ1) is 20.0. The minimum absolute atomic E-state index is 0.0141. The van der Waals surface area contributed by atoms with Gasteiger partial charge in [-0.3, -0.25) is 10.1 Å². The number of alkyl halides is 6. The molecule has 1 aliphatic rings. The van der Waals surface area contributed by atoms with Crippen molar-refractivity contribution in [1.82, 2.24) is 25.5 Å². The lowest BCUT2D eigenvalue weighted by Crippen LogP contribution is -2.45. The summed E-state index contributed by atoms with van der Waals surface area (Å²) in [4.78, 5) is 27.4. The number of anilines is 2. The molecule has 1 fully saturated rings. The fourth-order valence-electron chi connectivity index (χ4n) is 5.27. The molecule has 0 radical (unpaired) electrons. The van der Waals surface area contributed by atoms with Gasteiger partial charge < -0.3 is 10.2 Å². The summed E-state index contributed by atoms with van der Waals surface area (Å²) in [7, 11) is 0. The van der Waals surface area contributed by atoms with Crippen LogP contribution >= 0.6 is 0 Å². The summed E-state index contributed by atoms with van der Waals surface area (Å²) in [6.07, 6.45) is -7.58. The van der Waals surface area contributed by atoms with Crippen molar-refractivity contribution in [3.63, 3.8) is 0 Å². The summed E-state index contributed by atoms with van der Waals surface area (Å²) in [6, 6.07) is 6.73. The van der Waals surface area contributed by atoms with Crippen LogP contribution in [0.2, 0.25) is 0 Å². The molecule has 0 aliphatic heterocycles. The summed E-state index contributed by atoms with van der Waals surface area (Å²) in [6.45, 7) is 6.47. The number of tetrazole rings is 1. The predicted molar refractivity (Wildman–Crippen MR) is 145 cm³/mol. The molecule has 15 heteroatoms. The van der Waals surface area contributed by atoms with Crippen LogP contribution in [0.5, 0.6) is 0 Å². The third-order valence-corrected chi connectivity index (χ3v) is 7.64. The van der Waals surface area contributed by atoms with Gasteiger partial charge in [0.15, 0.2) is 0 Å². The molecule has 1 heterocycles. The molecule has 4 rings (SSSR count). The Morgan fingerprint density at radius 2 is 1.51 bits per heavy atom. The van der Waals surface area contributed by atoms with E-state index in [0.717, 1.165) is 18.9 Å². The number of H-pyrrole nitrogens is 1. The molecule has 0 saturated heterocycles. The third-order valence-electron chi connectivity index (χ3n) is 7.64. The zero-order valence-electron chi connectivity index (χ0n) is 23.6. The molecule has 0 spiro atoms. The number of nitrogens with one attached hydrogen (secondary N) is 3. The summed E-state index contributed by atoms with van der Waals surface area (Å²) >= 11 is 0. The molecule has 1 aromatic heterocycles. The van der Waals surface area contributed by atoms with Gasteiger partial charge in [-0.05, 0) is 78.1 Å². The van der Waals surface area contributed by atoms with Crippen molar-refractivity contribution in [1.29, 1.82) is 0 Å². The second-order valence-corrected chi connectivity index (χ2v) is 11.6. The van der Waals surface area contributed by atoms with E-state index in [-0.39, 0.29) is 29.5 Å². The second-order valence-electron chi connectivity index (χ2n) is 11.6. The highest BCUT2D eigenvalue weighted by molar-refractivity contribution is 6.03. The number of nitrogens with zero attached hydrogens (tertiary/aromatic N) is 4. The number of urea groups is 1. The minimum Gasteiger partial charge on any atom is -0.317 e. The highest BCUT2D eigenvalue weighted by Gasteiger charge is 2.43. The van der Waals surface area contributed by atoms with E-state index in [1.165, 1.54) is 17.0 Å². The van der Waals surface area contributed by atoms with Gasteiger partial charge in [-0.1, -0.05) is 38.0 Å². The van der Waals surface area contributed by atoms with E-state index in [4.69, 9.17) is 0 Å². The molecule has 1 aliphatic carbocycles. The van der Waals surface area contributed by atoms with Crippen molar-refractivity contribution in [2.45, 2.75) is 71.4 Å². The number of carbonyl (C=O) groups excluding carboxylic acids is 2. The average molecular weight is 612 g/mol. The Balaban J connectivity index is 1.56. The lowest BCUT2D eigenvalue weighted by Gasteiger charge is -2.41. The predicted octanol–water partition coefficient (Wildman–Crippen LogP) is 7.13. The number of aromatic nitrogens is 4. The van der Waals surface area contributed by atoms with Crippen LogP contribution in [0.3, 0.4) is 0 Å². The van der Waals surface area contributed by atoms with E-state index >= 15 is 0 Å². The van der Waals surface area contributed by atoms with Crippen molar-refractivity contribution >= 4 is 23.6 Å². The van der Waals surface area contributed by atoms with Gasteiger partial charge in [-0.15, -0.1) is 5.10 Å².